The van der Waals surface area contributed by atoms with Crippen molar-refractivity contribution < 1.29 is 17.2 Å². The lowest BCUT2D eigenvalue weighted by atomic mass is 10.2. The van der Waals surface area contributed by atoms with Gasteiger partial charge in [0.05, 0.1) is 23.6 Å². The molecule has 0 bridgehead atoms. The fourth-order valence-corrected chi connectivity index (χ4v) is 4.40. The Balaban J connectivity index is 1.93. The molecule has 0 unspecified atom stereocenters. The summed E-state index contributed by atoms with van der Waals surface area (Å²) in [6.45, 7) is 3.57. The van der Waals surface area contributed by atoms with E-state index in [0.717, 1.165) is 17.7 Å². The number of benzene rings is 2. The van der Waals surface area contributed by atoms with Crippen molar-refractivity contribution in [3.05, 3.63) is 75.0 Å². The van der Waals surface area contributed by atoms with E-state index in [2.05, 4.69) is 9.82 Å². The van der Waals surface area contributed by atoms with Crippen LogP contribution in [0.15, 0.2) is 41.3 Å². The first-order valence-electron chi connectivity index (χ1n) is 8.04. The normalized spacial score (nSPS) is 11.6. The third-order valence-corrected chi connectivity index (χ3v) is 6.11. The van der Waals surface area contributed by atoms with E-state index < -0.39 is 26.6 Å². The summed E-state index contributed by atoms with van der Waals surface area (Å²) in [4.78, 5) is -0.652. The van der Waals surface area contributed by atoms with E-state index in [1.54, 1.807) is 36.7 Å². The molecule has 5 nitrogen and oxygen atoms in total. The number of anilines is 1. The molecule has 1 aromatic heterocycles. The van der Waals surface area contributed by atoms with Gasteiger partial charge in [-0.25, -0.2) is 17.2 Å². The second-order valence-corrected chi connectivity index (χ2v) is 8.61. The van der Waals surface area contributed by atoms with Crippen molar-refractivity contribution in [2.75, 3.05) is 4.72 Å². The minimum Gasteiger partial charge on any atom is -0.276 e. The van der Waals surface area contributed by atoms with Gasteiger partial charge in [0.25, 0.3) is 10.0 Å². The van der Waals surface area contributed by atoms with Gasteiger partial charge in [0.15, 0.2) is 0 Å². The number of nitrogens with zero attached hydrogens (tertiary/aromatic N) is 2. The van der Waals surface area contributed by atoms with Gasteiger partial charge in [-0.05, 0) is 43.7 Å². The largest absolute Gasteiger partial charge is 0.276 e. The van der Waals surface area contributed by atoms with E-state index >= 15 is 0 Å². The van der Waals surface area contributed by atoms with Crippen LogP contribution in [-0.2, 0) is 16.6 Å². The lowest BCUT2D eigenvalue weighted by Crippen LogP contribution is -2.16. The Morgan fingerprint density at radius 3 is 2.46 bits per heavy atom. The maximum absolute atomic E-state index is 13.9. The first-order chi connectivity index (χ1) is 13.1. The van der Waals surface area contributed by atoms with Gasteiger partial charge in [0, 0.05) is 16.1 Å². The average molecular weight is 446 g/mol. The van der Waals surface area contributed by atoms with Crippen molar-refractivity contribution in [3.63, 3.8) is 0 Å². The highest BCUT2D eigenvalue weighted by Crippen LogP contribution is 2.27. The summed E-state index contributed by atoms with van der Waals surface area (Å²) in [6, 6.07) is 7.30. The summed E-state index contributed by atoms with van der Waals surface area (Å²) in [5.74, 6) is -2.04. The smallest absolute Gasteiger partial charge is 0.264 e. The van der Waals surface area contributed by atoms with Crippen LogP contribution in [0, 0.1) is 25.5 Å². The van der Waals surface area contributed by atoms with Gasteiger partial charge >= 0.3 is 0 Å². The molecule has 0 radical (unpaired) electrons. The zero-order valence-corrected chi connectivity index (χ0v) is 17.1. The van der Waals surface area contributed by atoms with Crippen LogP contribution in [0.1, 0.15) is 17.0 Å². The van der Waals surface area contributed by atoms with Crippen LogP contribution in [-0.4, -0.2) is 18.2 Å². The molecule has 0 aliphatic heterocycles. The molecule has 0 aliphatic rings. The Morgan fingerprint density at radius 1 is 1.11 bits per heavy atom. The molecule has 2 aromatic carbocycles. The van der Waals surface area contributed by atoms with Crippen molar-refractivity contribution in [1.29, 1.82) is 0 Å². The third kappa shape index (κ3) is 4.14. The van der Waals surface area contributed by atoms with Crippen LogP contribution >= 0.6 is 23.2 Å². The molecule has 0 saturated heterocycles. The molecule has 1 heterocycles. The summed E-state index contributed by atoms with van der Waals surface area (Å²) in [5, 5.41) is 5.28. The van der Waals surface area contributed by atoms with E-state index in [-0.39, 0.29) is 12.2 Å². The minimum atomic E-state index is -4.27. The van der Waals surface area contributed by atoms with Gasteiger partial charge in [-0.3, -0.25) is 9.40 Å². The van der Waals surface area contributed by atoms with Crippen molar-refractivity contribution in [2.24, 2.45) is 0 Å². The number of aryl methyl sites for hydroxylation is 1. The summed E-state index contributed by atoms with van der Waals surface area (Å²) < 4.78 is 56.0. The quantitative estimate of drug-likeness (QED) is 0.604. The molecule has 0 amide bonds. The van der Waals surface area contributed by atoms with Crippen LogP contribution in [0.4, 0.5) is 14.5 Å². The summed E-state index contributed by atoms with van der Waals surface area (Å²) in [6.07, 6.45) is 0. The van der Waals surface area contributed by atoms with Crippen molar-refractivity contribution >= 4 is 38.9 Å². The predicted octanol–water partition coefficient (Wildman–Crippen LogP) is 4.93. The average Bonchev–Trinajstić information content (AvgIpc) is 2.84. The number of halogens is 4. The molecule has 0 atom stereocenters. The van der Waals surface area contributed by atoms with Crippen LogP contribution in [0.25, 0.3) is 0 Å². The molecule has 1 N–H and O–H groups in total. The molecular weight excluding hydrogens is 431 g/mol. The molecule has 0 spiro atoms. The molecule has 0 saturated carbocycles. The highest BCUT2D eigenvalue weighted by molar-refractivity contribution is 7.92. The van der Waals surface area contributed by atoms with Crippen LogP contribution in [0.5, 0.6) is 0 Å². The number of hydrogen-bond acceptors (Lipinski definition) is 3. The van der Waals surface area contributed by atoms with Gasteiger partial charge in [0.1, 0.15) is 16.5 Å². The van der Waals surface area contributed by atoms with Gasteiger partial charge in [0.2, 0.25) is 0 Å². The highest BCUT2D eigenvalue weighted by atomic mass is 35.5. The minimum absolute atomic E-state index is 0.216. The van der Waals surface area contributed by atoms with Crippen LogP contribution in [0.3, 0.4) is 0 Å². The van der Waals surface area contributed by atoms with E-state index in [1.165, 1.54) is 0 Å². The Hall–Kier alpha value is -2.16. The summed E-state index contributed by atoms with van der Waals surface area (Å²) >= 11 is 12.1. The van der Waals surface area contributed by atoms with Gasteiger partial charge in [-0.15, -0.1) is 0 Å². The Morgan fingerprint density at radius 2 is 1.82 bits per heavy atom. The van der Waals surface area contributed by atoms with Gasteiger partial charge < -0.3 is 0 Å². The van der Waals surface area contributed by atoms with E-state index in [9.17, 15) is 17.2 Å². The highest BCUT2D eigenvalue weighted by Gasteiger charge is 2.23. The second kappa shape index (κ2) is 7.69. The van der Waals surface area contributed by atoms with Crippen LogP contribution in [0.2, 0.25) is 10.0 Å². The van der Waals surface area contributed by atoms with E-state index in [0.29, 0.717) is 27.5 Å². The van der Waals surface area contributed by atoms with E-state index in [1.807, 2.05) is 0 Å². The number of hydrogen-bond donors (Lipinski definition) is 1. The van der Waals surface area contributed by atoms with Gasteiger partial charge in [-0.2, -0.15) is 5.10 Å². The standard InChI is InChI=1S/C18H15Cl2F2N3O2S/c1-10-18(24-28(26,27)17-6-5-14(21)8-16(17)22)11(2)25(23-10)9-12-3-4-13(19)7-15(12)20/h3-8,24H,9H2,1-2H3. The molecule has 0 aliphatic carbocycles. The first-order valence-corrected chi connectivity index (χ1v) is 10.3. The topological polar surface area (TPSA) is 64.0 Å². The van der Waals surface area contributed by atoms with Crippen molar-refractivity contribution in [2.45, 2.75) is 25.3 Å². The molecule has 3 rings (SSSR count). The monoisotopic (exact) mass is 445 g/mol. The number of sulfonamides is 1. The summed E-state index contributed by atoms with van der Waals surface area (Å²) in [5.41, 5.74) is 1.87. The maximum atomic E-state index is 13.9. The lowest BCUT2D eigenvalue weighted by molar-refractivity contribution is 0.551. The molecule has 0 fully saturated rings. The fraction of sp³-hybridized carbons (Fsp3) is 0.167. The first kappa shape index (κ1) is 20.6. The second-order valence-electron chi connectivity index (χ2n) is 6.12. The molecule has 10 heteroatoms. The molecule has 3 aromatic rings. The molecular formula is C18H15Cl2F2N3O2S. The lowest BCUT2D eigenvalue weighted by Gasteiger charge is -2.10. The zero-order chi connectivity index (χ0) is 20.6. The number of rotatable bonds is 5. The fourth-order valence-electron chi connectivity index (χ4n) is 2.69. The van der Waals surface area contributed by atoms with E-state index in [4.69, 9.17) is 23.2 Å². The van der Waals surface area contributed by atoms with Gasteiger partial charge in [-0.1, -0.05) is 29.3 Å². The SMILES string of the molecule is Cc1nn(Cc2ccc(Cl)cc2Cl)c(C)c1NS(=O)(=O)c1ccc(F)cc1F. The Labute approximate surface area is 170 Å². The Kier molecular flexibility index (Phi) is 5.65. The predicted molar refractivity (Wildman–Crippen MR) is 104 cm³/mol. The van der Waals surface area contributed by atoms with Crippen LogP contribution < -0.4 is 4.72 Å². The zero-order valence-electron chi connectivity index (χ0n) is 14.8. The molecule has 148 valence electrons. The molecule has 28 heavy (non-hydrogen) atoms. The number of aromatic nitrogens is 2. The number of nitrogens with one attached hydrogen (secondary N) is 1. The maximum Gasteiger partial charge on any atom is 0.264 e. The van der Waals surface area contributed by atoms with Crippen molar-refractivity contribution in [1.82, 2.24) is 9.78 Å². The Bertz CT molecular complexity index is 1160. The summed E-state index contributed by atoms with van der Waals surface area (Å²) in [7, 11) is -4.27. The van der Waals surface area contributed by atoms with Crippen molar-refractivity contribution in [3.8, 4) is 0 Å². The third-order valence-electron chi connectivity index (χ3n) is 4.14.